The topological polar surface area (TPSA) is 42.1 Å². The molecule has 0 spiro atoms. The lowest BCUT2D eigenvalue weighted by atomic mass is 10.0. The number of methoxy groups -OCH3 is 1. The average Bonchev–Trinajstić information content (AvgIpc) is 2.90. The Labute approximate surface area is 117 Å². The summed E-state index contributed by atoms with van der Waals surface area (Å²) in [5, 5.41) is 1.14. The molecule has 1 N–H and O–H groups in total. The molecule has 0 fully saturated rings. The molecule has 0 aliphatic rings. The van der Waals surface area contributed by atoms with E-state index in [1.807, 2.05) is 36.4 Å². The first-order chi connectivity index (χ1) is 9.83. The lowest BCUT2D eigenvalue weighted by Gasteiger charge is -2.11. The van der Waals surface area contributed by atoms with Crippen LogP contribution in [0.5, 0.6) is 5.75 Å². The molecule has 20 heavy (non-hydrogen) atoms. The third-order valence-corrected chi connectivity index (χ3v) is 3.43. The molecule has 0 bridgehead atoms. The highest BCUT2D eigenvalue weighted by molar-refractivity contribution is 5.88. The van der Waals surface area contributed by atoms with Crippen molar-refractivity contribution < 1.29 is 9.53 Å². The first kappa shape index (κ1) is 12.5. The van der Waals surface area contributed by atoms with Crippen molar-refractivity contribution >= 4 is 17.2 Å². The Bertz CT molecular complexity index is 726. The molecule has 100 valence electrons. The van der Waals surface area contributed by atoms with Crippen molar-refractivity contribution in [1.29, 1.82) is 0 Å². The number of rotatable bonds is 4. The molecule has 3 heteroatoms. The van der Waals surface area contributed by atoms with E-state index in [1.165, 1.54) is 0 Å². The molecule has 0 unspecified atom stereocenters. The fourth-order valence-electron chi connectivity index (χ4n) is 2.52. The van der Waals surface area contributed by atoms with Crippen LogP contribution >= 0.6 is 0 Å². The van der Waals surface area contributed by atoms with Crippen molar-refractivity contribution in [1.82, 2.24) is 4.98 Å². The molecular formula is C17H15NO2. The SMILES string of the molecule is COc1cccc(CC=O)c1-c1cc2ccccc2[nH]1. The minimum atomic E-state index is 0.377. The quantitative estimate of drug-likeness (QED) is 0.732. The van der Waals surface area contributed by atoms with Crippen molar-refractivity contribution in [2.75, 3.05) is 7.11 Å². The Morgan fingerprint density at radius 2 is 2.00 bits per heavy atom. The maximum atomic E-state index is 10.9. The van der Waals surface area contributed by atoms with Crippen LogP contribution in [0.4, 0.5) is 0 Å². The largest absolute Gasteiger partial charge is 0.496 e. The zero-order valence-electron chi connectivity index (χ0n) is 11.2. The van der Waals surface area contributed by atoms with E-state index in [0.29, 0.717) is 6.42 Å². The molecule has 3 aromatic rings. The molecule has 1 heterocycles. The molecule has 0 aliphatic heterocycles. The Morgan fingerprint density at radius 1 is 1.15 bits per heavy atom. The lowest BCUT2D eigenvalue weighted by molar-refractivity contribution is -0.107. The second-order valence-electron chi connectivity index (χ2n) is 4.64. The van der Waals surface area contributed by atoms with Crippen LogP contribution in [-0.4, -0.2) is 18.4 Å². The van der Waals surface area contributed by atoms with Gasteiger partial charge in [-0.2, -0.15) is 0 Å². The van der Waals surface area contributed by atoms with Crippen LogP contribution < -0.4 is 4.74 Å². The van der Waals surface area contributed by atoms with E-state index in [9.17, 15) is 4.79 Å². The Morgan fingerprint density at radius 3 is 2.75 bits per heavy atom. The van der Waals surface area contributed by atoms with E-state index < -0.39 is 0 Å². The van der Waals surface area contributed by atoms with Crippen LogP contribution in [0.3, 0.4) is 0 Å². The third-order valence-electron chi connectivity index (χ3n) is 3.43. The van der Waals surface area contributed by atoms with Crippen LogP contribution in [0.25, 0.3) is 22.2 Å². The van der Waals surface area contributed by atoms with E-state index in [0.717, 1.165) is 39.8 Å². The monoisotopic (exact) mass is 265 g/mol. The van der Waals surface area contributed by atoms with Gasteiger partial charge in [-0.15, -0.1) is 0 Å². The van der Waals surface area contributed by atoms with E-state index in [-0.39, 0.29) is 0 Å². The summed E-state index contributed by atoms with van der Waals surface area (Å²) in [4.78, 5) is 14.3. The van der Waals surface area contributed by atoms with E-state index in [1.54, 1.807) is 7.11 Å². The van der Waals surface area contributed by atoms with Gasteiger partial charge in [0.25, 0.3) is 0 Å². The number of H-pyrrole nitrogens is 1. The van der Waals surface area contributed by atoms with Gasteiger partial charge in [0.1, 0.15) is 12.0 Å². The molecule has 1 aromatic heterocycles. The number of fused-ring (bicyclic) bond motifs is 1. The number of para-hydroxylation sites is 1. The molecule has 2 aromatic carbocycles. The fraction of sp³-hybridized carbons (Fsp3) is 0.118. The minimum absolute atomic E-state index is 0.377. The zero-order valence-corrected chi connectivity index (χ0v) is 11.2. The summed E-state index contributed by atoms with van der Waals surface area (Å²) in [7, 11) is 1.65. The number of benzene rings is 2. The molecule has 0 atom stereocenters. The summed E-state index contributed by atoms with van der Waals surface area (Å²) in [5.74, 6) is 0.774. The Kier molecular flexibility index (Phi) is 3.25. The predicted octanol–water partition coefficient (Wildman–Crippen LogP) is 3.58. The molecule has 0 amide bonds. The number of hydrogen-bond acceptors (Lipinski definition) is 2. The molecule has 0 saturated carbocycles. The number of aldehydes is 1. The number of aromatic amines is 1. The summed E-state index contributed by atoms with van der Waals surface area (Å²) in [6, 6.07) is 16.0. The van der Waals surface area contributed by atoms with Crippen LogP contribution in [0.2, 0.25) is 0 Å². The highest BCUT2D eigenvalue weighted by atomic mass is 16.5. The van der Waals surface area contributed by atoms with E-state index >= 15 is 0 Å². The highest BCUT2D eigenvalue weighted by Crippen LogP contribution is 2.34. The Balaban J connectivity index is 2.23. The summed E-state index contributed by atoms with van der Waals surface area (Å²) in [6.45, 7) is 0. The minimum Gasteiger partial charge on any atom is -0.496 e. The van der Waals surface area contributed by atoms with Gasteiger partial charge in [0, 0.05) is 22.9 Å². The van der Waals surface area contributed by atoms with Crippen LogP contribution in [0.1, 0.15) is 5.56 Å². The van der Waals surface area contributed by atoms with Gasteiger partial charge in [0.2, 0.25) is 0 Å². The summed E-state index contributed by atoms with van der Waals surface area (Å²) in [6.07, 6.45) is 1.29. The smallest absolute Gasteiger partial charge is 0.128 e. The van der Waals surface area contributed by atoms with Gasteiger partial charge in [-0.3, -0.25) is 0 Å². The number of ether oxygens (including phenoxy) is 1. The average molecular weight is 265 g/mol. The molecule has 3 rings (SSSR count). The number of carbonyl (C=O) groups is 1. The highest BCUT2D eigenvalue weighted by Gasteiger charge is 2.13. The predicted molar refractivity (Wildman–Crippen MR) is 80.1 cm³/mol. The number of aromatic nitrogens is 1. The molecule has 0 aliphatic carbocycles. The van der Waals surface area contributed by atoms with E-state index in [4.69, 9.17) is 4.74 Å². The van der Waals surface area contributed by atoms with Crippen LogP contribution in [-0.2, 0) is 11.2 Å². The van der Waals surface area contributed by atoms with Crippen molar-refractivity contribution in [3.63, 3.8) is 0 Å². The summed E-state index contributed by atoms with van der Waals surface area (Å²) in [5.41, 5.74) is 3.97. The van der Waals surface area contributed by atoms with Crippen molar-refractivity contribution in [3.8, 4) is 17.0 Å². The zero-order chi connectivity index (χ0) is 13.9. The number of hydrogen-bond donors (Lipinski definition) is 1. The van der Waals surface area contributed by atoms with Gasteiger partial charge < -0.3 is 14.5 Å². The van der Waals surface area contributed by atoms with Crippen molar-refractivity contribution in [2.24, 2.45) is 0 Å². The van der Waals surface area contributed by atoms with Gasteiger partial charge >= 0.3 is 0 Å². The molecule has 0 saturated heterocycles. The van der Waals surface area contributed by atoms with Gasteiger partial charge in [-0.25, -0.2) is 0 Å². The first-order valence-corrected chi connectivity index (χ1v) is 6.51. The fourth-order valence-corrected chi connectivity index (χ4v) is 2.52. The van der Waals surface area contributed by atoms with Gasteiger partial charge in [-0.1, -0.05) is 30.3 Å². The second kappa shape index (κ2) is 5.21. The summed E-state index contributed by atoms with van der Waals surface area (Å²) >= 11 is 0. The van der Waals surface area contributed by atoms with Gasteiger partial charge in [0.05, 0.1) is 12.8 Å². The van der Waals surface area contributed by atoms with Gasteiger partial charge in [-0.05, 0) is 23.8 Å². The lowest BCUT2D eigenvalue weighted by Crippen LogP contribution is -1.95. The van der Waals surface area contributed by atoms with E-state index in [2.05, 4.69) is 17.1 Å². The van der Waals surface area contributed by atoms with Crippen molar-refractivity contribution in [2.45, 2.75) is 6.42 Å². The summed E-state index contributed by atoms with van der Waals surface area (Å²) < 4.78 is 5.45. The number of carbonyl (C=O) groups excluding carboxylic acids is 1. The maximum Gasteiger partial charge on any atom is 0.128 e. The Hall–Kier alpha value is -2.55. The second-order valence-corrected chi connectivity index (χ2v) is 4.64. The van der Waals surface area contributed by atoms with Crippen molar-refractivity contribution in [3.05, 3.63) is 54.1 Å². The standard InChI is InChI=1S/C17H15NO2/c1-20-16-8-4-6-12(9-10-19)17(16)15-11-13-5-2-3-7-14(13)18-15/h2-8,10-11,18H,9H2,1H3. The van der Waals surface area contributed by atoms with Gasteiger partial charge in [0.15, 0.2) is 0 Å². The number of nitrogens with one attached hydrogen (secondary N) is 1. The normalized spacial score (nSPS) is 10.7. The molecule has 0 radical (unpaired) electrons. The van der Waals surface area contributed by atoms with Crippen LogP contribution in [0, 0.1) is 0 Å². The third kappa shape index (κ3) is 2.07. The molecular weight excluding hydrogens is 250 g/mol. The maximum absolute atomic E-state index is 10.9. The van der Waals surface area contributed by atoms with Crippen LogP contribution in [0.15, 0.2) is 48.5 Å². The first-order valence-electron chi connectivity index (χ1n) is 6.51. The molecule has 3 nitrogen and oxygen atoms in total.